The molecule has 0 spiro atoms. The summed E-state index contributed by atoms with van der Waals surface area (Å²) in [4.78, 5) is 0. The molecule has 0 saturated heterocycles. The Bertz CT molecular complexity index is 438. The maximum Gasteiger partial charge on any atom is 0.231 e. The number of rotatable bonds is 3. The maximum atomic E-state index is 9.33. The fraction of sp³-hybridized carbons (Fsp3) is 0.500. The van der Waals surface area contributed by atoms with Crippen molar-refractivity contribution in [3.05, 3.63) is 22.7 Å². The van der Waals surface area contributed by atoms with E-state index in [1.54, 1.807) is 12.1 Å². The van der Waals surface area contributed by atoms with E-state index in [2.05, 4.69) is 0 Å². The molecule has 0 radical (unpaired) electrons. The molecule has 4 nitrogen and oxygen atoms in total. The average Bonchev–Trinajstić information content (AvgIpc) is 2.73. The molecule has 0 aromatic heterocycles. The summed E-state index contributed by atoms with van der Waals surface area (Å²) in [6, 6.07) is 3.12. The van der Waals surface area contributed by atoms with Gasteiger partial charge in [-0.15, -0.1) is 12.4 Å². The van der Waals surface area contributed by atoms with Crippen LogP contribution in [-0.2, 0) is 0 Å². The van der Waals surface area contributed by atoms with Gasteiger partial charge in [0.15, 0.2) is 11.5 Å². The Kier molecular flexibility index (Phi) is 4.72. The van der Waals surface area contributed by atoms with Crippen LogP contribution in [0.3, 0.4) is 0 Å². The van der Waals surface area contributed by atoms with Crippen molar-refractivity contribution < 1.29 is 14.6 Å². The number of hydrogen-bond acceptors (Lipinski definition) is 4. The van der Waals surface area contributed by atoms with Crippen molar-refractivity contribution in [1.82, 2.24) is 0 Å². The van der Waals surface area contributed by atoms with Crippen molar-refractivity contribution in [3.63, 3.8) is 0 Å². The molecule has 0 bridgehead atoms. The zero-order valence-electron chi connectivity index (χ0n) is 10.3. The molecule has 1 aromatic rings. The van der Waals surface area contributed by atoms with Crippen LogP contribution in [0.2, 0.25) is 5.02 Å². The molecule has 0 saturated carbocycles. The molecular weight excluding hydrogens is 277 g/mol. The van der Waals surface area contributed by atoms with Crippen LogP contribution in [0, 0.1) is 5.41 Å². The van der Waals surface area contributed by atoms with Crippen LogP contribution in [0.15, 0.2) is 12.1 Å². The second-order valence-electron chi connectivity index (χ2n) is 4.85. The van der Waals surface area contributed by atoms with E-state index < -0.39 is 5.41 Å². The number of hydrogen-bond donors (Lipinski definition) is 2. The van der Waals surface area contributed by atoms with Crippen LogP contribution in [0.5, 0.6) is 11.5 Å². The lowest BCUT2D eigenvalue weighted by Gasteiger charge is -2.30. The number of fused-ring (bicyclic) bond motifs is 1. The van der Waals surface area contributed by atoms with E-state index in [1.165, 1.54) is 0 Å². The van der Waals surface area contributed by atoms with E-state index in [0.717, 1.165) is 5.56 Å². The van der Waals surface area contributed by atoms with E-state index >= 15 is 0 Å². The van der Waals surface area contributed by atoms with Gasteiger partial charge in [0.05, 0.1) is 0 Å². The van der Waals surface area contributed by atoms with Gasteiger partial charge in [-0.2, -0.15) is 0 Å². The summed E-state index contributed by atoms with van der Waals surface area (Å²) in [5.41, 5.74) is 6.45. The van der Waals surface area contributed by atoms with Crippen molar-refractivity contribution in [2.24, 2.45) is 11.1 Å². The molecule has 1 aromatic carbocycles. The Hall–Kier alpha value is -0.680. The van der Waals surface area contributed by atoms with Gasteiger partial charge in [-0.25, -0.2) is 0 Å². The third-order valence-corrected chi connectivity index (χ3v) is 3.40. The van der Waals surface area contributed by atoms with Crippen molar-refractivity contribution in [3.8, 4) is 11.5 Å². The highest BCUT2D eigenvalue weighted by atomic mass is 35.5. The fourth-order valence-corrected chi connectivity index (χ4v) is 1.96. The van der Waals surface area contributed by atoms with Crippen molar-refractivity contribution in [2.45, 2.75) is 19.9 Å². The molecule has 1 aliphatic heterocycles. The highest BCUT2D eigenvalue weighted by Gasteiger charge is 2.30. The van der Waals surface area contributed by atoms with Gasteiger partial charge >= 0.3 is 0 Å². The number of halogens is 2. The Morgan fingerprint density at radius 1 is 1.39 bits per heavy atom. The highest BCUT2D eigenvalue weighted by Crippen LogP contribution is 2.42. The molecule has 0 fully saturated rings. The van der Waals surface area contributed by atoms with Crippen LogP contribution in [0.25, 0.3) is 0 Å². The van der Waals surface area contributed by atoms with Gasteiger partial charge in [-0.3, -0.25) is 0 Å². The zero-order valence-corrected chi connectivity index (χ0v) is 11.8. The SMILES string of the molecule is CC(C)(CO)[C@@H](N)c1cc2c(cc1Cl)OCO2.Cl. The molecule has 18 heavy (non-hydrogen) atoms. The first kappa shape index (κ1) is 15.4. The van der Waals surface area contributed by atoms with E-state index in [4.69, 9.17) is 26.8 Å². The second kappa shape index (κ2) is 5.53. The monoisotopic (exact) mass is 293 g/mol. The lowest BCUT2D eigenvalue weighted by molar-refractivity contribution is 0.132. The van der Waals surface area contributed by atoms with Gasteiger partial charge in [-0.1, -0.05) is 25.4 Å². The first-order valence-electron chi connectivity index (χ1n) is 5.41. The van der Waals surface area contributed by atoms with Gasteiger partial charge in [0.1, 0.15) is 0 Å². The van der Waals surface area contributed by atoms with Gasteiger partial charge < -0.3 is 20.3 Å². The van der Waals surface area contributed by atoms with Crippen LogP contribution in [0.1, 0.15) is 25.5 Å². The van der Waals surface area contributed by atoms with Crippen LogP contribution in [-0.4, -0.2) is 18.5 Å². The number of benzene rings is 1. The second-order valence-corrected chi connectivity index (χ2v) is 5.26. The molecule has 0 amide bonds. The smallest absolute Gasteiger partial charge is 0.231 e. The average molecular weight is 294 g/mol. The Morgan fingerprint density at radius 3 is 2.50 bits per heavy atom. The molecule has 6 heteroatoms. The van der Waals surface area contributed by atoms with Crippen molar-refractivity contribution >= 4 is 24.0 Å². The largest absolute Gasteiger partial charge is 0.454 e. The fourth-order valence-electron chi connectivity index (χ4n) is 1.69. The van der Waals surface area contributed by atoms with E-state index in [-0.39, 0.29) is 31.8 Å². The third kappa shape index (κ3) is 2.67. The summed E-state index contributed by atoms with van der Waals surface area (Å²) in [7, 11) is 0. The molecule has 2 rings (SSSR count). The van der Waals surface area contributed by atoms with Gasteiger partial charge in [0.2, 0.25) is 6.79 Å². The minimum atomic E-state index is -0.447. The third-order valence-electron chi connectivity index (χ3n) is 3.08. The summed E-state index contributed by atoms with van der Waals surface area (Å²) >= 11 is 6.17. The first-order chi connectivity index (χ1) is 7.95. The lowest BCUT2D eigenvalue weighted by Crippen LogP contribution is -2.32. The Morgan fingerprint density at radius 2 is 1.94 bits per heavy atom. The first-order valence-corrected chi connectivity index (χ1v) is 5.79. The summed E-state index contributed by atoms with van der Waals surface area (Å²) < 4.78 is 10.5. The number of nitrogens with two attached hydrogens (primary N) is 1. The molecule has 1 heterocycles. The predicted molar refractivity (Wildman–Crippen MR) is 72.6 cm³/mol. The van der Waals surface area contributed by atoms with E-state index in [0.29, 0.717) is 16.5 Å². The Labute approximate surface area is 117 Å². The summed E-state index contributed by atoms with van der Waals surface area (Å²) in [6.45, 7) is 3.96. The molecule has 3 N–H and O–H groups in total. The number of aliphatic hydroxyl groups excluding tert-OH is 1. The standard InChI is InChI=1S/C12H16ClNO3.ClH/c1-12(2,5-15)11(14)7-3-9-10(4-8(7)13)17-6-16-9;/h3-4,11,15H,5-6,14H2,1-2H3;1H/t11-;/m0./s1. The normalized spacial score (nSPS) is 15.2. The molecule has 1 aliphatic rings. The minimum absolute atomic E-state index is 0. The van der Waals surface area contributed by atoms with Crippen LogP contribution >= 0.6 is 24.0 Å². The zero-order chi connectivity index (χ0) is 12.6. The molecule has 102 valence electrons. The van der Waals surface area contributed by atoms with Gasteiger partial charge in [0, 0.05) is 29.2 Å². The quantitative estimate of drug-likeness (QED) is 0.899. The van der Waals surface area contributed by atoms with Crippen molar-refractivity contribution in [1.29, 1.82) is 0 Å². The van der Waals surface area contributed by atoms with E-state index in [1.807, 2.05) is 13.8 Å². The number of ether oxygens (including phenoxy) is 2. The molecular formula is C12H17Cl2NO3. The van der Waals surface area contributed by atoms with Crippen LogP contribution < -0.4 is 15.2 Å². The Balaban J connectivity index is 0.00000162. The highest BCUT2D eigenvalue weighted by molar-refractivity contribution is 6.31. The summed E-state index contributed by atoms with van der Waals surface area (Å²) in [5.74, 6) is 1.28. The number of aliphatic hydroxyl groups is 1. The minimum Gasteiger partial charge on any atom is -0.454 e. The van der Waals surface area contributed by atoms with Crippen molar-refractivity contribution in [2.75, 3.05) is 13.4 Å². The molecule has 1 atom stereocenters. The molecule has 0 unspecified atom stereocenters. The maximum absolute atomic E-state index is 9.33. The molecule has 0 aliphatic carbocycles. The summed E-state index contributed by atoms with van der Waals surface area (Å²) in [6.07, 6.45) is 0. The van der Waals surface area contributed by atoms with E-state index in [9.17, 15) is 5.11 Å². The topological polar surface area (TPSA) is 64.7 Å². The van der Waals surface area contributed by atoms with Crippen LogP contribution in [0.4, 0.5) is 0 Å². The predicted octanol–water partition coefficient (Wildman–Crippen LogP) is 2.51. The van der Waals surface area contributed by atoms with Gasteiger partial charge in [0.25, 0.3) is 0 Å². The van der Waals surface area contributed by atoms with Gasteiger partial charge in [-0.05, 0) is 11.6 Å². The summed E-state index contributed by atoms with van der Waals surface area (Å²) in [5, 5.41) is 9.86. The lowest BCUT2D eigenvalue weighted by atomic mass is 9.81.